The third-order valence-electron chi connectivity index (χ3n) is 2.95. The normalized spacial score (nSPS) is 16.0. The van der Waals surface area contributed by atoms with Crippen LogP contribution >= 0.6 is 0 Å². The van der Waals surface area contributed by atoms with E-state index in [1.54, 1.807) is 0 Å². The second-order valence-corrected chi connectivity index (χ2v) is 4.55. The van der Waals surface area contributed by atoms with Crippen LogP contribution in [0.25, 0.3) is 0 Å². The molecule has 1 fully saturated rings. The predicted molar refractivity (Wildman–Crippen MR) is 66.6 cm³/mol. The Hall–Kier alpha value is -1.35. The van der Waals surface area contributed by atoms with Gasteiger partial charge < -0.3 is 10.5 Å². The van der Waals surface area contributed by atoms with Gasteiger partial charge in [-0.25, -0.2) is 4.39 Å². The van der Waals surface area contributed by atoms with Crippen LogP contribution in [0.15, 0.2) is 36.2 Å². The van der Waals surface area contributed by atoms with Crippen molar-refractivity contribution < 1.29 is 9.13 Å². The maximum Gasteiger partial charge on any atom is 0.119 e. The van der Waals surface area contributed by atoms with Gasteiger partial charge in [0, 0.05) is 6.54 Å². The second kappa shape index (κ2) is 5.82. The summed E-state index contributed by atoms with van der Waals surface area (Å²) in [6.07, 6.45) is 3.74. The first-order valence-electron chi connectivity index (χ1n) is 6.01. The third-order valence-corrected chi connectivity index (χ3v) is 2.95. The van der Waals surface area contributed by atoms with Gasteiger partial charge in [-0.15, -0.1) is 0 Å². The van der Waals surface area contributed by atoms with E-state index in [1.165, 1.54) is 12.8 Å². The lowest BCUT2D eigenvalue weighted by atomic mass is 10.1. The number of ether oxygens (including phenoxy) is 1. The Morgan fingerprint density at radius 3 is 2.59 bits per heavy atom. The van der Waals surface area contributed by atoms with E-state index in [-0.39, 0.29) is 6.54 Å². The van der Waals surface area contributed by atoms with Crippen LogP contribution in [0.3, 0.4) is 0 Å². The minimum absolute atomic E-state index is 0.260. The fraction of sp³-hybridized carbons (Fsp3) is 0.429. The van der Waals surface area contributed by atoms with Crippen LogP contribution in [0.1, 0.15) is 18.4 Å². The molecule has 1 aromatic carbocycles. The molecule has 0 radical (unpaired) electrons. The van der Waals surface area contributed by atoms with E-state index in [2.05, 4.69) is 0 Å². The molecule has 0 bridgehead atoms. The van der Waals surface area contributed by atoms with E-state index in [4.69, 9.17) is 10.5 Å². The van der Waals surface area contributed by atoms with E-state index in [0.717, 1.165) is 23.8 Å². The first kappa shape index (κ1) is 12.1. The molecule has 1 aromatic rings. The van der Waals surface area contributed by atoms with Gasteiger partial charge in [-0.2, -0.15) is 0 Å². The quantitative estimate of drug-likeness (QED) is 0.823. The van der Waals surface area contributed by atoms with Crippen molar-refractivity contribution in [3.05, 3.63) is 41.7 Å². The molecular weight excluding hydrogens is 217 g/mol. The Kier molecular flexibility index (Phi) is 4.15. The molecule has 0 unspecified atom stereocenters. The van der Waals surface area contributed by atoms with Crippen molar-refractivity contribution in [1.29, 1.82) is 0 Å². The zero-order chi connectivity index (χ0) is 12.1. The summed E-state index contributed by atoms with van der Waals surface area (Å²) < 4.78 is 18.0. The minimum atomic E-state index is 0.260. The summed E-state index contributed by atoms with van der Waals surface area (Å²) in [7, 11) is 0. The van der Waals surface area contributed by atoms with Crippen LogP contribution in [0, 0.1) is 5.92 Å². The van der Waals surface area contributed by atoms with Crippen LogP contribution < -0.4 is 10.5 Å². The lowest BCUT2D eigenvalue weighted by Gasteiger charge is -2.07. The van der Waals surface area contributed by atoms with E-state index >= 15 is 0 Å². The molecule has 2 N–H and O–H groups in total. The highest BCUT2D eigenvalue weighted by molar-refractivity contribution is 5.30. The summed E-state index contributed by atoms with van der Waals surface area (Å²) >= 11 is 0. The lowest BCUT2D eigenvalue weighted by Crippen LogP contribution is -2.05. The minimum Gasteiger partial charge on any atom is -0.493 e. The molecule has 0 atom stereocenters. The average molecular weight is 235 g/mol. The number of hydrogen-bond acceptors (Lipinski definition) is 2. The Bertz CT molecular complexity index is 382. The van der Waals surface area contributed by atoms with Gasteiger partial charge in [0.1, 0.15) is 5.75 Å². The smallest absolute Gasteiger partial charge is 0.119 e. The Morgan fingerprint density at radius 2 is 2.06 bits per heavy atom. The van der Waals surface area contributed by atoms with E-state index in [0.29, 0.717) is 18.3 Å². The van der Waals surface area contributed by atoms with E-state index in [1.807, 2.05) is 24.3 Å². The van der Waals surface area contributed by atoms with Crippen LogP contribution in [0.5, 0.6) is 5.75 Å². The molecule has 1 aliphatic carbocycles. The number of nitrogens with two attached hydrogens (primary N) is 1. The van der Waals surface area contributed by atoms with E-state index < -0.39 is 0 Å². The van der Waals surface area contributed by atoms with Gasteiger partial charge in [0.15, 0.2) is 0 Å². The van der Waals surface area contributed by atoms with Crippen molar-refractivity contribution in [2.45, 2.75) is 19.3 Å². The zero-order valence-corrected chi connectivity index (χ0v) is 9.86. The Morgan fingerprint density at radius 1 is 1.35 bits per heavy atom. The van der Waals surface area contributed by atoms with Gasteiger partial charge in [-0.05, 0) is 48.4 Å². The van der Waals surface area contributed by atoms with Crippen LogP contribution in [-0.4, -0.2) is 13.2 Å². The predicted octanol–water partition coefficient (Wildman–Crippen LogP) is 2.83. The van der Waals surface area contributed by atoms with Crippen LogP contribution in [0.4, 0.5) is 4.39 Å². The lowest BCUT2D eigenvalue weighted by molar-refractivity contribution is 0.299. The fourth-order valence-corrected chi connectivity index (χ4v) is 1.62. The fourth-order valence-electron chi connectivity index (χ4n) is 1.62. The van der Waals surface area contributed by atoms with Gasteiger partial charge >= 0.3 is 0 Å². The van der Waals surface area contributed by atoms with Crippen molar-refractivity contribution in [1.82, 2.24) is 0 Å². The molecule has 17 heavy (non-hydrogen) atoms. The SMILES string of the molecule is NC/C(=C\F)Cc1ccc(OCC2CC2)cc1. The van der Waals surface area contributed by atoms with E-state index in [9.17, 15) is 4.39 Å². The molecule has 0 aliphatic heterocycles. The summed E-state index contributed by atoms with van der Waals surface area (Å²) in [4.78, 5) is 0. The molecule has 2 nitrogen and oxygen atoms in total. The number of benzene rings is 1. The van der Waals surface area contributed by atoms with Crippen molar-refractivity contribution in [2.75, 3.05) is 13.2 Å². The van der Waals surface area contributed by atoms with Crippen molar-refractivity contribution in [2.24, 2.45) is 11.7 Å². The second-order valence-electron chi connectivity index (χ2n) is 4.55. The Balaban J connectivity index is 1.87. The largest absolute Gasteiger partial charge is 0.493 e. The van der Waals surface area contributed by atoms with Crippen molar-refractivity contribution in [3.8, 4) is 5.75 Å². The summed E-state index contributed by atoms with van der Waals surface area (Å²) in [5.41, 5.74) is 7.08. The first-order chi connectivity index (χ1) is 8.31. The maximum atomic E-state index is 12.4. The molecule has 0 amide bonds. The molecule has 1 saturated carbocycles. The molecule has 0 saturated heterocycles. The van der Waals surface area contributed by atoms with Crippen molar-refractivity contribution in [3.63, 3.8) is 0 Å². The van der Waals surface area contributed by atoms with Gasteiger partial charge in [0.25, 0.3) is 0 Å². The molecule has 0 spiro atoms. The van der Waals surface area contributed by atoms with Gasteiger partial charge in [0.05, 0.1) is 12.9 Å². The molecular formula is C14H18FNO. The molecule has 0 heterocycles. The standard InChI is InChI=1S/C14H18FNO/c15-8-13(9-16)7-11-3-5-14(6-4-11)17-10-12-1-2-12/h3-6,8,12H,1-2,7,9-10,16H2/b13-8-. The molecule has 3 heteroatoms. The maximum absolute atomic E-state index is 12.4. The molecule has 0 aromatic heterocycles. The Labute approximate surface area is 101 Å². The molecule has 1 aliphatic rings. The van der Waals surface area contributed by atoms with Crippen molar-refractivity contribution >= 4 is 0 Å². The zero-order valence-electron chi connectivity index (χ0n) is 9.86. The van der Waals surface area contributed by atoms with Crippen LogP contribution in [-0.2, 0) is 6.42 Å². The topological polar surface area (TPSA) is 35.2 Å². The average Bonchev–Trinajstić information content (AvgIpc) is 3.19. The molecule has 2 rings (SSSR count). The van der Waals surface area contributed by atoms with Crippen LogP contribution in [0.2, 0.25) is 0 Å². The third kappa shape index (κ3) is 3.86. The highest BCUT2D eigenvalue weighted by Gasteiger charge is 2.21. The number of halogens is 1. The highest BCUT2D eigenvalue weighted by atomic mass is 19.1. The van der Waals surface area contributed by atoms with Gasteiger partial charge in [0.2, 0.25) is 0 Å². The van der Waals surface area contributed by atoms with Gasteiger partial charge in [-0.3, -0.25) is 0 Å². The van der Waals surface area contributed by atoms with Gasteiger partial charge in [-0.1, -0.05) is 12.1 Å². The summed E-state index contributed by atoms with van der Waals surface area (Å²) in [5.74, 6) is 1.65. The summed E-state index contributed by atoms with van der Waals surface area (Å²) in [6, 6.07) is 7.79. The molecule has 92 valence electrons. The summed E-state index contributed by atoms with van der Waals surface area (Å²) in [5, 5.41) is 0. The highest BCUT2D eigenvalue weighted by Crippen LogP contribution is 2.29. The summed E-state index contributed by atoms with van der Waals surface area (Å²) in [6.45, 7) is 1.08. The number of hydrogen-bond donors (Lipinski definition) is 1. The first-order valence-corrected chi connectivity index (χ1v) is 6.01. The number of rotatable bonds is 6. The monoisotopic (exact) mass is 235 g/mol.